The van der Waals surface area contributed by atoms with Gasteiger partial charge >= 0.3 is 5.97 Å². The quantitative estimate of drug-likeness (QED) is 0.888. The lowest BCUT2D eigenvalue weighted by Gasteiger charge is -2.02. The van der Waals surface area contributed by atoms with E-state index in [1.54, 1.807) is 0 Å². The maximum atomic E-state index is 12.9. The number of halogens is 1. The van der Waals surface area contributed by atoms with E-state index < -0.39 is 17.7 Å². The molecular weight excluding hydrogens is 267 g/mol. The van der Waals surface area contributed by atoms with Gasteiger partial charge < -0.3 is 14.8 Å². The van der Waals surface area contributed by atoms with Gasteiger partial charge in [-0.25, -0.2) is 9.18 Å². The number of hydrogen-bond donors (Lipinski definition) is 2. The number of furan rings is 1. The third-order valence-electron chi connectivity index (χ3n) is 2.59. The Morgan fingerprint density at radius 3 is 2.75 bits per heavy atom. The van der Waals surface area contributed by atoms with Crippen LogP contribution in [0.15, 0.2) is 28.9 Å². The lowest BCUT2D eigenvalue weighted by Crippen LogP contribution is -2.22. The molecule has 0 spiro atoms. The van der Waals surface area contributed by atoms with Crippen molar-refractivity contribution >= 4 is 11.9 Å². The molecule has 0 atom stereocenters. The maximum absolute atomic E-state index is 12.9. The van der Waals surface area contributed by atoms with Gasteiger partial charge in [0.25, 0.3) is 5.91 Å². The standard InChI is InChI=1S/C13H11FN2O4/c1-7-11(13(18)19)3-10(20-7)6-16-12(17)8-2-9(14)5-15-4-8/h2-5H,6H2,1H3,(H,16,17)(H,18,19). The first-order valence-corrected chi connectivity index (χ1v) is 5.68. The fourth-order valence-corrected chi connectivity index (χ4v) is 1.65. The molecular formula is C13H11FN2O4. The minimum Gasteiger partial charge on any atom is -0.478 e. The molecule has 0 aliphatic heterocycles. The Kier molecular flexibility index (Phi) is 3.79. The number of rotatable bonds is 4. The van der Waals surface area contributed by atoms with Crippen LogP contribution in [0.2, 0.25) is 0 Å². The average Bonchev–Trinajstić information content (AvgIpc) is 2.77. The monoisotopic (exact) mass is 278 g/mol. The molecule has 0 aliphatic carbocycles. The van der Waals surface area contributed by atoms with Gasteiger partial charge in [0.15, 0.2) is 0 Å². The lowest BCUT2D eigenvalue weighted by molar-refractivity contribution is 0.0694. The number of amides is 1. The van der Waals surface area contributed by atoms with Gasteiger partial charge in [-0.3, -0.25) is 9.78 Å². The van der Waals surface area contributed by atoms with E-state index in [0.717, 1.165) is 12.3 Å². The van der Waals surface area contributed by atoms with Crippen molar-refractivity contribution in [2.45, 2.75) is 13.5 Å². The van der Waals surface area contributed by atoms with E-state index >= 15 is 0 Å². The molecule has 0 aromatic carbocycles. The summed E-state index contributed by atoms with van der Waals surface area (Å²) in [6.07, 6.45) is 2.22. The van der Waals surface area contributed by atoms with Gasteiger partial charge in [0.1, 0.15) is 22.9 Å². The largest absolute Gasteiger partial charge is 0.478 e. The van der Waals surface area contributed by atoms with Gasteiger partial charge in [0.2, 0.25) is 0 Å². The number of nitrogens with zero attached hydrogens (tertiary/aromatic N) is 1. The van der Waals surface area contributed by atoms with Gasteiger partial charge in [-0.05, 0) is 19.1 Å². The predicted octanol–water partition coefficient (Wildman–Crippen LogP) is 1.75. The van der Waals surface area contributed by atoms with Crippen molar-refractivity contribution < 1.29 is 23.5 Å². The van der Waals surface area contributed by atoms with Crippen LogP contribution in [-0.4, -0.2) is 22.0 Å². The van der Waals surface area contributed by atoms with Crippen molar-refractivity contribution in [3.8, 4) is 0 Å². The Labute approximate surface area is 113 Å². The second-order valence-electron chi connectivity index (χ2n) is 4.06. The zero-order valence-electron chi connectivity index (χ0n) is 10.5. The molecule has 6 nitrogen and oxygen atoms in total. The normalized spacial score (nSPS) is 10.3. The summed E-state index contributed by atoms with van der Waals surface area (Å²) in [5.74, 6) is -1.67. The van der Waals surface area contributed by atoms with Crippen molar-refractivity contribution in [2.24, 2.45) is 0 Å². The molecule has 0 unspecified atom stereocenters. The molecule has 2 N–H and O–H groups in total. The van der Waals surface area contributed by atoms with Gasteiger partial charge in [-0.15, -0.1) is 0 Å². The molecule has 0 saturated carbocycles. The van der Waals surface area contributed by atoms with Crippen molar-refractivity contribution in [3.63, 3.8) is 0 Å². The molecule has 0 radical (unpaired) electrons. The summed E-state index contributed by atoms with van der Waals surface area (Å²) in [5.41, 5.74) is 0.119. The SMILES string of the molecule is Cc1oc(CNC(=O)c2cncc(F)c2)cc1C(=O)O. The van der Waals surface area contributed by atoms with Gasteiger partial charge in [0, 0.05) is 6.20 Å². The van der Waals surface area contributed by atoms with E-state index in [0.29, 0.717) is 5.76 Å². The summed E-state index contributed by atoms with van der Waals surface area (Å²) in [5, 5.41) is 11.4. The zero-order valence-corrected chi connectivity index (χ0v) is 10.5. The molecule has 0 aliphatic rings. The lowest BCUT2D eigenvalue weighted by atomic mass is 10.2. The van der Waals surface area contributed by atoms with E-state index in [2.05, 4.69) is 10.3 Å². The van der Waals surface area contributed by atoms with Crippen LogP contribution in [0.5, 0.6) is 0 Å². The number of hydrogen-bond acceptors (Lipinski definition) is 4. The van der Waals surface area contributed by atoms with E-state index in [9.17, 15) is 14.0 Å². The Bertz CT molecular complexity index is 666. The van der Waals surface area contributed by atoms with Crippen molar-refractivity contribution in [2.75, 3.05) is 0 Å². The average molecular weight is 278 g/mol. The molecule has 2 heterocycles. The molecule has 2 rings (SSSR count). The topological polar surface area (TPSA) is 92.4 Å². The van der Waals surface area contributed by atoms with Crippen LogP contribution in [-0.2, 0) is 6.54 Å². The number of pyridine rings is 1. The molecule has 0 fully saturated rings. The number of carbonyl (C=O) groups excluding carboxylic acids is 1. The van der Waals surface area contributed by atoms with Crippen LogP contribution in [0.3, 0.4) is 0 Å². The number of carboxylic acid groups (broad SMARTS) is 1. The summed E-state index contributed by atoms with van der Waals surface area (Å²) in [6, 6.07) is 2.39. The fraction of sp³-hybridized carbons (Fsp3) is 0.154. The van der Waals surface area contributed by atoms with Crippen LogP contribution in [0.25, 0.3) is 0 Å². The smallest absolute Gasteiger partial charge is 0.339 e. The van der Waals surface area contributed by atoms with Crippen LogP contribution >= 0.6 is 0 Å². The van der Waals surface area contributed by atoms with Crippen LogP contribution in [0, 0.1) is 12.7 Å². The first kappa shape index (κ1) is 13.7. The second-order valence-corrected chi connectivity index (χ2v) is 4.06. The van der Waals surface area contributed by atoms with E-state index in [1.165, 1.54) is 19.2 Å². The first-order valence-electron chi connectivity index (χ1n) is 5.68. The first-order chi connectivity index (χ1) is 9.47. The number of carbonyl (C=O) groups is 2. The number of aromatic carboxylic acids is 1. The summed E-state index contributed by atoms with van der Waals surface area (Å²) < 4.78 is 18.1. The number of aryl methyl sites for hydroxylation is 1. The van der Waals surface area contributed by atoms with Crippen LogP contribution in [0.4, 0.5) is 4.39 Å². The third-order valence-corrected chi connectivity index (χ3v) is 2.59. The highest BCUT2D eigenvalue weighted by Crippen LogP contribution is 2.14. The highest BCUT2D eigenvalue weighted by Gasteiger charge is 2.14. The number of aromatic nitrogens is 1. The molecule has 104 valence electrons. The maximum Gasteiger partial charge on any atom is 0.339 e. The Balaban J connectivity index is 2.04. The summed E-state index contributed by atoms with van der Waals surface area (Å²) >= 11 is 0. The predicted molar refractivity (Wildman–Crippen MR) is 65.8 cm³/mol. The Morgan fingerprint density at radius 2 is 2.15 bits per heavy atom. The molecule has 1 amide bonds. The summed E-state index contributed by atoms with van der Waals surface area (Å²) in [6.45, 7) is 1.52. The minimum atomic E-state index is -1.10. The van der Waals surface area contributed by atoms with E-state index in [4.69, 9.17) is 9.52 Å². The molecule has 0 bridgehead atoms. The van der Waals surface area contributed by atoms with Crippen molar-refractivity contribution in [3.05, 3.63) is 53.0 Å². The second kappa shape index (κ2) is 5.52. The van der Waals surface area contributed by atoms with Crippen LogP contribution < -0.4 is 5.32 Å². The third kappa shape index (κ3) is 3.00. The summed E-state index contributed by atoms with van der Waals surface area (Å²) in [7, 11) is 0. The van der Waals surface area contributed by atoms with Crippen molar-refractivity contribution in [1.82, 2.24) is 10.3 Å². The number of carboxylic acids is 1. The molecule has 2 aromatic heterocycles. The van der Waals surface area contributed by atoms with Crippen LogP contribution in [0.1, 0.15) is 32.2 Å². The Hall–Kier alpha value is -2.70. The van der Waals surface area contributed by atoms with Gasteiger partial charge in [-0.2, -0.15) is 0 Å². The molecule has 7 heteroatoms. The highest BCUT2D eigenvalue weighted by atomic mass is 19.1. The zero-order chi connectivity index (χ0) is 14.7. The van der Waals surface area contributed by atoms with Gasteiger partial charge in [0.05, 0.1) is 18.3 Å². The highest BCUT2D eigenvalue weighted by molar-refractivity contribution is 5.93. The number of nitrogens with one attached hydrogen (secondary N) is 1. The summed E-state index contributed by atoms with van der Waals surface area (Å²) in [4.78, 5) is 26.1. The molecule has 2 aromatic rings. The molecule has 0 saturated heterocycles. The Morgan fingerprint density at radius 1 is 1.40 bits per heavy atom. The van der Waals surface area contributed by atoms with E-state index in [1.807, 2.05) is 0 Å². The van der Waals surface area contributed by atoms with Crippen molar-refractivity contribution in [1.29, 1.82) is 0 Å². The fourth-order valence-electron chi connectivity index (χ4n) is 1.65. The van der Waals surface area contributed by atoms with Gasteiger partial charge in [-0.1, -0.05) is 0 Å². The molecule has 20 heavy (non-hydrogen) atoms. The van der Waals surface area contributed by atoms with E-state index in [-0.39, 0.29) is 23.4 Å². The minimum absolute atomic E-state index is 0.00344.